The highest BCUT2D eigenvalue weighted by Crippen LogP contribution is 2.58. The first-order valence-electron chi connectivity index (χ1n) is 10.5. The summed E-state index contributed by atoms with van der Waals surface area (Å²) in [4.78, 5) is 35.9. The fourth-order valence-corrected chi connectivity index (χ4v) is 5.59. The number of amides is 1. The Labute approximate surface area is 215 Å². The molecule has 3 rings (SSSR count). The van der Waals surface area contributed by atoms with E-state index in [2.05, 4.69) is 5.32 Å². The second-order valence-electron chi connectivity index (χ2n) is 8.74. The third-order valence-electron chi connectivity index (χ3n) is 4.92. The molecule has 1 aromatic heterocycles. The predicted molar refractivity (Wildman–Crippen MR) is 134 cm³/mol. The Balaban J connectivity index is 1.89. The second kappa shape index (κ2) is 11.2. The lowest BCUT2D eigenvalue weighted by molar-refractivity contribution is -0.159. The maximum Gasteiger partial charge on any atom is 0.347 e. The number of hydrogen-bond acceptors (Lipinski definition) is 6. The normalized spacial score (nSPS) is 14.5. The summed E-state index contributed by atoms with van der Waals surface area (Å²) in [6, 6.07) is 8.04. The van der Waals surface area contributed by atoms with Crippen LogP contribution in [0.4, 0.5) is 8.78 Å². The van der Waals surface area contributed by atoms with Gasteiger partial charge in [-0.05, 0) is 79.1 Å². The SMILES string of the molecule is CC(C)(C)C(=O)OCOP(=O)(O)C(C(=O)N/C=C/c1ccc(F)c(F)c1)c1csc2ccc(Cl)cc12. The second-order valence-corrected chi connectivity index (χ2v) is 12.0. The largest absolute Gasteiger partial charge is 0.438 e. The van der Waals surface area contributed by atoms with Crippen molar-refractivity contribution in [1.82, 2.24) is 5.32 Å². The Morgan fingerprint density at radius 3 is 2.58 bits per heavy atom. The summed E-state index contributed by atoms with van der Waals surface area (Å²) >= 11 is 7.33. The number of nitrogens with one attached hydrogen (secondary N) is 1. The third kappa shape index (κ3) is 6.78. The molecule has 2 atom stereocenters. The Bertz CT molecular complexity index is 1370. The summed E-state index contributed by atoms with van der Waals surface area (Å²) < 4.78 is 50.5. The Morgan fingerprint density at radius 2 is 1.92 bits per heavy atom. The highest BCUT2D eigenvalue weighted by atomic mass is 35.5. The lowest BCUT2D eigenvalue weighted by Crippen LogP contribution is -2.27. The smallest absolute Gasteiger partial charge is 0.347 e. The number of thiophene rings is 1. The van der Waals surface area contributed by atoms with Crippen LogP contribution in [-0.4, -0.2) is 23.6 Å². The summed E-state index contributed by atoms with van der Waals surface area (Å²) in [5.41, 5.74) is -2.15. The fraction of sp³-hybridized carbons (Fsp3) is 0.250. The summed E-state index contributed by atoms with van der Waals surface area (Å²) in [5, 5.41) is 4.75. The zero-order chi connectivity index (χ0) is 26.7. The van der Waals surface area contributed by atoms with Crippen LogP contribution in [-0.2, 0) is 23.4 Å². The van der Waals surface area contributed by atoms with Crippen LogP contribution in [0.3, 0.4) is 0 Å². The summed E-state index contributed by atoms with van der Waals surface area (Å²) in [5.74, 6) is -3.67. The van der Waals surface area contributed by atoms with Crippen molar-refractivity contribution in [1.29, 1.82) is 0 Å². The molecule has 0 radical (unpaired) electrons. The van der Waals surface area contributed by atoms with Gasteiger partial charge in [0.1, 0.15) is 0 Å². The van der Waals surface area contributed by atoms with E-state index in [-0.39, 0.29) is 11.1 Å². The van der Waals surface area contributed by atoms with Crippen LogP contribution >= 0.6 is 30.5 Å². The van der Waals surface area contributed by atoms with E-state index in [4.69, 9.17) is 20.9 Å². The lowest BCUT2D eigenvalue weighted by atomic mass is 9.98. The molecule has 0 aliphatic heterocycles. The van der Waals surface area contributed by atoms with Crippen LogP contribution in [0.2, 0.25) is 5.02 Å². The molecule has 0 bridgehead atoms. The van der Waals surface area contributed by atoms with E-state index in [9.17, 15) is 27.8 Å². The van der Waals surface area contributed by atoms with Gasteiger partial charge in [-0.25, -0.2) is 8.78 Å². The van der Waals surface area contributed by atoms with Crippen molar-refractivity contribution in [3.05, 3.63) is 75.8 Å². The summed E-state index contributed by atoms with van der Waals surface area (Å²) in [6.07, 6.45) is 2.41. The minimum absolute atomic E-state index is 0.184. The van der Waals surface area contributed by atoms with Crippen LogP contribution in [0, 0.1) is 17.0 Å². The predicted octanol–water partition coefficient (Wildman–Crippen LogP) is 6.41. The first kappa shape index (κ1) is 28.0. The van der Waals surface area contributed by atoms with E-state index < -0.39 is 49.0 Å². The van der Waals surface area contributed by atoms with E-state index in [1.165, 1.54) is 28.9 Å². The molecule has 0 aliphatic carbocycles. The number of fused-ring (bicyclic) bond motifs is 1. The number of carbonyl (C=O) groups excluding carboxylic acids is 2. The Morgan fingerprint density at radius 1 is 1.19 bits per heavy atom. The van der Waals surface area contributed by atoms with E-state index in [1.807, 2.05) is 0 Å². The van der Waals surface area contributed by atoms with Gasteiger partial charge in [0, 0.05) is 15.9 Å². The molecule has 2 N–H and O–H groups in total. The molecule has 2 unspecified atom stereocenters. The average molecular weight is 558 g/mol. The fourth-order valence-electron chi connectivity index (χ4n) is 3.06. The first-order valence-corrected chi connectivity index (χ1v) is 13.4. The molecule has 3 aromatic rings. The van der Waals surface area contributed by atoms with E-state index >= 15 is 0 Å². The maximum atomic E-state index is 13.4. The van der Waals surface area contributed by atoms with Gasteiger partial charge in [0.15, 0.2) is 17.3 Å². The van der Waals surface area contributed by atoms with Crippen LogP contribution in [0.15, 0.2) is 48.0 Å². The van der Waals surface area contributed by atoms with Gasteiger partial charge >= 0.3 is 13.6 Å². The van der Waals surface area contributed by atoms with Crippen molar-refractivity contribution in [3.8, 4) is 0 Å². The van der Waals surface area contributed by atoms with Crippen molar-refractivity contribution in [2.75, 3.05) is 6.79 Å². The summed E-state index contributed by atoms with van der Waals surface area (Å²) in [7, 11) is -4.77. The molecular weight excluding hydrogens is 535 g/mol. The quantitative estimate of drug-likeness (QED) is 0.188. The number of halogens is 3. The van der Waals surface area contributed by atoms with Gasteiger partial charge in [-0.15, -0.1) is 11.3 Å². The molecule has 7 nitrogen and oxygen atoms in total. The van der Waals surface area contributed by atoms with Crippen LogP contribution in [0.25, 0.3) is 16.2 Å². The molecule has 1 amide bonds. The van der Waals surface area contributed by atoms with E-state index in [0.717, 1.165) is 18.3 Å². The number of benzene rings is 2. The van der Waals surface area contributed by atoms with Crippen LogP contribution < -0.4 is 5.32 Å². The van der Waals surface area contributed by atoms with Gasteiger partial charge in [-0.1, -0.05) is 17.7 Å². The minimum Gasteiger partial charge on any atom is -0.438 e. The van der Waals surface area contributed by atoms with Gasteiger partial charge in [0.05, 0.1) is 5.41 Å². The van der Waals surface area contributed by atoms with Crippen molar-refractivity contribution < 1.29 is 37.1 Å². The standard InChI is InChI=1S/C24H23ClF2NO6PS/c1-24(2,3)23(30)33-13-34-35(31,32)21(17-12-36-20-7-5-15(25)11-16(17)20)22(29)28-9-8-14-4-6-18(26)19(27)10-14/h4-12,21H,13H2,1-3H3,(H,28,29)(H,31,32)/b9-8+. The molecule has 36 heavy (non-hydrogen) atoms. The highest BCUT2D eigenvalue weighted by molar-refractivity contribution is 7.54. The summed E-state index contributed by atoms with van der Waals surface area (Å²) in [6.45, 7) is 3.96. The molecule has 0 spiro atoms. The molecule has 2 aromatic carbocycles. The molecule has 192 valence electrons. The maximum absolute atomic E-state index is 13.4. The topological polar surface area (TPSA) is 102 Å². The van der Waals surface area contributed by atoms with Gasteiger partial charge < -0.3 is 14.9 Å². The Hall–Kier alpha value is -2.62. The molecular formula is C24H23ClF2NO6PS. The number of rotatable bonds is 8. The third-order valence-corrected chi connectivity index (χ3v) is 7.78. The zero-order valence-corrected chi connectivity index (χ0v) is 21.9. The lowest BCUT2D eigenvalue weighted by Gasteiger charge is -2.22. The van der Waals surface area contributed by atoms with Gasteiger partial charge in [0.25, 0.3) is 0 Å². The van der Waals surface area contributed by atoms with Crippen LogP contribution in [0.5, 0.6) is 0 Å². The average Bonchev–Trinajstić information content (AvgIpc) is 3.17. The molecule has 1 heterocycles. The molecule has 0 saturated carbocycles. The molecule has 0 saturated heterocycles. The van der Waals surface area contributed by atoms with Crippen molar-refractivity contribution in [2.45, 2.75) is 26.4 Å². The molecule has 0 aliphatic rings. The van der Waals surface area contributed by atoms with Gasteiger partial charge in [-0.3, -0.25) is 18.7 Å². The number of ether oxygens (including phenoxy) is 1. The first-order chi connectivity index (χ1) is 16.8. The van der Waals surface area contributed by atoms with Crippen molar-refractivity contribution in [2.24, 2.45) is 5.41 Å². The number of hydrogen-bond donors (Lipinski definition) is 2. The van der Waals surface area contributed by atoms with E-state index in [0.29, 0.717) is 15.1 Å². The van der Waals surface area contributed by atoms with E-state index in [1.54, 1.807) is 39.0 Å². The highest BCUT2D eigenvalue weighted by Gasteiger charge is 2.42. The zero-order valence-electron chi connectivity index (χ0n) is 19.5. The van der Waals surface area contributed by atoms with Crippen LogP contribution in [0.1, 0.15) is 37.6 Å². The van der Waals surface area contributed by atoms with Gasteiger partial charge in [0.2, 0.25) is 12.7 Å². The molecule has 0 fully saturated rings. The minimum atomic E-state index is -4.77. The van der Waals surface area contributed by atoms with Gasteiger partial charge in [-0.2, -0.15) is 0 Å². The number of carbonyl (C=O) groups is 2. The number of esters is 1. The van der Waals surface area contributed by atoms with Crippen molar-refractivity contribution >= 4 is 58.6 Å². The monoisotopic (exact) mass is 557 g/mol. The molecule has 12 heteroatoms. The van der Waals surface area contributed by atoms with Crippen molar-refractivity contribution in [3.63, 3.8) is 0 Å². The Kier molecular flexibility index (Phi) is 8.69.